The van der Waals surface area contributed by atoms with Gasteiger partial charge in [0.15, 0.2) is 0 Å². The topological polar surface area (TPSA) is 97.5 Å². The maximum Gasteiger partial charge on any atom is 0.145 e. The van der Waals surface area contributed by atoms with Gasteiger partial charge in [-0.3, -0.25) is 0 Å². The van der Waals surface area contributed by atoms with E-state index in [9.17, 15) is 0 Å². The highest BCUT2D eigenvalue weighted by molar-refractivity contribution is 8.89. The summed E-state index contributed by atoms with van der Waals surface area (Å²) in [6.07, 6.45) is 0. The zero-order valence-electron chi connectivity index (χ0n) is 5.32. The highest BCUT2D eigenvalue weighted by Crippen LogP contribution is 2.26. The lowest BCUT2D eigenvalue weighted by Gasteiger charge is -1.91. The molecule has 0 heterocycles. The molecule has 0 rings (SSSR count). The molecule has 62 valence electrons. The van der Waals surface area contributed by atoms with Crippen LogP contribution in [0, 0.1) is 0 Å². The normalized spacial score (nSPS) is 7.67. The Bertz CT molecular complexity index is 254. The Morgan fingerprint density at radius 3 is 1.58 bits per heavy atom. The van der Waals surface area contributed by atoms with E-state index in [4.69, 9.17) is 11.1 Å². The fraction of sp³-hybridized carbons (Fsp3) is 0. The van der Waals surface area contributed by atoms with E-state index in [0.717, 1.165) is 21.6 Å². The van der Waals surface area contributed by atoms with Crippen molar-refractivity contribution in [2.24, 2.45) is 10.2 Å². The number of rotatable bonds is 0. The quantitative estimate of drug-likeness (QED) is 0.211. The number of hydrogen-bond acceptors (Lipinski definition) is 4. The summed E-state index contributed by atoms with van der Waals surface area (Å²) in [4.78, 5) is 4.92. The van der Waals surface area contributed by atoms with E-state index in [1.54, 1.807) is 0 Å². The molecule has 0 aromatic carbocycles. The monoisotopic (exact) mass is 236 g/mol. The van der Waals surface area contributed by atoms with Gasteiger partial charge in [-0.25, -0.2) is 0 Å². The molecule has 0 saturated carbocycles. The second-order valence-electron chi connectivity index (χ2n) is 1.08. The summed E-state index contributed by atoms with van der Waals surface area (Å²) < 4.78 is 0.191. The predicted octanol–water partition coefficient (Wildman–Crippen LogP) is 3.56. The lowest BCUT2D eigenvalue weighted by molar-refractivity contribution is 1.72. The minimum Gasteiger partial charge on any atom is -0.0695 e. The van der Waals surface area contributed by atoms with E-state index in [1.807, 2.05) is 0 Å². The van der Waals surface area contributed by atoms with Gasteiger partial charge in [0.25, 0.3) is 0 Å². The summed E-state index contributed by atoms with van der Waals surface area (Å²) in [7, 11) is 1.94. The van der Waals surface area contributed by atoms with Gasteiger partial charge in [-0.15, -0.1) is 0 Å². The Hall–Kier alpha value is -0.500. The summed E-state index contributed by atoms with van der Waals surface area (Å²) in [6, 6.07) is 0. The Labute approximate surface area is 85.7 Å². The van der Waals surface area contributed by atoms with E-state index < -0.39 is 0 Å². The number of thiocarbonyl (C=S) groups is 2. The van der Waals surface area contributed by atoms with E-state index in [1.165, 1.54) is 0 Å². The number of azide groups is 2. The van der Waals surface area contributed by atoms with Crippen molar-refractivity contribution < 1.29 is 0 Å². The molecule has 12 heavy (non-hydrogen) atoms. The van der Waals surface area contributed by atoms with Crippen molar-refractivity contribution in [2.45, 2.75) is 0 Å². The third-order valence-corrected chi connectivity index (χ3v) is 3.46. The van der Waals surface area contributed by atoms with Crippen LogP contribution in [0.5, 0.6) is 0 Å². The minimum atomic E-state index is 0.0954. The van der Waals surface area contributed by atoms with E-state index in [0.29, 0.717) is 0 Å². The average molecular weight is 236 g/mol. The van der Waals surface area contributed by atoms with E-state index >= 15 is 0 Å². The summed E-state index contributed by atoms with van der Waals surface area (Å²) in [6.45, 7) is 0. The lowest BCUT2D eigenvalue weighted by Crippen LogP contribution is -1.78. The predicted molar refractivity (Wildman–Crippen MR) is 58.7 cm³/mol. The molecule has 0 N–H and O–H groups in total. The van der Waals surface area contributed by atoms with Crippen LogP contribution in [0.15, 0.2) is 10.2 Å². The molecule has 0 bridgehead atoms. The molecule has 10 heteroatoms. The fourth-order valence-electron chi connectivity index (χ4n) is 0.178. The Morgan fingerprint density at radius 1 is 1.00 bits per heavy atom. The lowest BCUT2D eigenvalue weighted by atomic mass is 11.5. The van der Waals surface area contributed by atoms with Crippen molar-refractivity contribution in [3.63, 3.8) is 0 Å². The Balaban J connectivity index is 3.83. The SMILES string of the molecule is [N-]=[N+]=NC(=S)SSC(=S)N=[N+]=[N-]. The number of hydrogen-bond donors (Lipinski definition) is 0. The van der Waals surface area contributed by atoms with E-state index in [-0.39, 0.29) is 8.64 Å². The zero-order valence-corrected chi connectivity index (χ0v) is 8.58. The molecule has 0 aromatic heterocycles. The smallest absolute Gasteiger partial charge is 0.0695 e. The van der Waals surface area contributed by atoms with Crippen LogP contribution in [0.4, 0.5) is 0 Å². The molecular weight excluding hydrogens is 236 g/mol. The van der Waals surface area contributed by atoms with Crippen LogP contribution in [0.2, 0.25) is 0 Å². The van der Waals surface area contributed by atoms with Gasteiger partial charge in [-0.2, -0.15) is 0 Å². The third-order valence-electron chi connectivity index (χ3n) is 0.437. The molecule has 6 nitrogen and oxygen atoms in total. The summed E-state index contributed by atoms with van der Waals surface area (Å²) in [5.41, 5.74) is 15.9. The second kappa shape index (κ2) is 7.17. The summed E-state index contributed by atoms with van der Waals surface area (Å²) in [5.74, 6) is 0. The van der Waals surface area contributed by atoms with Gasteiger partial charge in [-0.05, 0) is 42.9 Å². The summed E-state index contributed by atoms with van der Waals surface area (Å²) >= 11 is 9.17. The first-order valence-electron chi connectivity index (χ1n) is 2.23. The highest BCUT2D eigenvalue weighted by atomic mass is 33.1. The molecule has 0 radical (unpaired) electrons. The first kappa shape index (κ1) is 11.5. The second-order valence-corrected chi connectivity index (χ2v) is 4.47. The molecule has 0 atom stereocenters. The van der Waals surface area contributed by atoms with Crippen molar-refractivity contribution >= 4 is 54.7 Å². The third kappa shape index (κ3) is 6.23. The maximum absolute atomic E-state index is 7.94. The maximum atomic E-state index is 7.94. The van der Waals surface area contributed by atoms with Crippen molar-refractivity contribution in [3.05, 3.63) is 20.9 Å². The molecule has 0 spiro atoms. The van der Waals surface area contributed by atoms with Gasteiger partial charge >= 0.3 is 0 Å². The molecule has 0 fully saturated rings. The Kier molecular flexibility index (Phi) is 6.87. The van der Waals surface area contributed by atoms with Crippen LogP contribution >= 0.6 is 46.0 Å². The molecule has 0 aromatic rings. The van der Waals surface area contributed by atoms with Crippen LogP contribution < -0.4 is 0 Å². The van der Waals surface area contributed by atoms with Crippen LogP contribution in [0.25, 0.3) is 20.9 Å². The molecule has 0 unspecified atom stereocenters. The molecule has 0 aliphatic heterocycles. The Morgan fingerprint density at radius 2 is 1.33 bits per heavy atom. The first-order chi connectivity index (χ1) is 5.70. The average Bonchev–Trinajstić information content (AvgIpc) is 2.02. The zero-order chi connectivity index (χ0) is 9.40. The van der Waals surface area contributed by atoms with Crippen LogP contribution in [0.1, 0.15) is 0 Å². The van der Waals surface area contributed by atoms with Gasteiger partial charge in [0.05, 0.1) is 0 Å². The molecule has 0 amide bonds. The molecular formula is C2N6S4. The largest absolute Gasteiger partial charge is 0.145 e. The molecule has 0 saturated heterocycles. The van der Waals surface area contributed by atoms with Crippen molar-refractivity contribution in [1.29, 1.82) is 0 Å². The van der Waals surface area contributed by atoms with Gasteiger partial charge in [0.2, 0.25) is 0 Å². The van der Waals surface area contributed by atoms with Crippen molar-refractivity contribution in [2.75, 3.05) is 0 Å². The highest BCUT2D eigenvalue weighted by Gasteiger charge is 1.97. The van der Waals surface area contributed by atoms with E-state index in [2.05, 4.69) is 44.5 Å². The van der Waals surface area contributed by atoms with Gasteiger partial charge in [-0.1, -0.05) is 24.4 Å². The molecule has 0 aliphatic carbocycles. The van der Waals surface area contributed by atoms with Crippen LogP contribution in [-0.2, 0) is 0 Å². The first-order valence-corrected chi connectivity index (χ1v) is 5.20. The van der Waals surface area contributed by atoms with Crippen molar-refractivity contribution in [1.82, 2.24) is 0 Å². The van der Waals surface area contributed by atoms with Crippen molar-refractivity contribution in [3.8, 4) is 0 Å². The standard InChI is InChI=1S/C2N6S4/c3-7-5-1(9)11-12-2(10)6-8-4. The molecule has 0 aliphatic rings. The van der Waals surface area contributed by atoms with Gasteiger partial charge in [0, 0.05) is 9.82 Å². The minimum absolute atomic E-state index is 0.0954. The van der Waals surface area contributed by atoms with Gasteiger partial charge in [0.1, 0.15) is 8.64 Å². The fourth-order valence-corrected chi connectivity index (χ4v) is 1.77. The number of nitrogens with zero attached hydrogens (tertiary/aromatic N) is 6. The van der Waals surface area contributed by atoms with Crippen LogP contribution in [-0.4, -0.2) is 8.64 Å². The van der Waals surface area contributed by atoms with Crippen LogP contribution in [0.3, 0.4) is 0 Å². The summed E-state index contributed by atoms with van der Waals surface area (Å²) in [5, 5.41) is 6.23. The van der Waals surface area contributed by atoms with Gasteiger partial charge < -0.3 is 0 Å².